The third-order valence-corrected chi connectivity index (χ3v) is 7.45. The van der Waals surface area contributed by atoms with Crippen LogP contribution in [0.2, 0.25) is 0 Å². The molecular weight excluding hydrogens is 464 g/mol. The maximum atomic E-state index is 13.7. The van der Waals surface area contributed by atoms with E-state index < -0.39 is 5.54 Å². The molecule has 2 aliphatic heterocycles. The van der Waals surface area contributed by atoms with E-state index in [0.717, 1.165) is 22.3 Å². The van der Waals surface area contributed by atoms with Gasteiger partial charge in [0.1, 0.15) is 6.61 Å². The molecule has 37 heavy (non-hydrogen) atoms. The second-order valence-electron chi connectivity index (χ2n) is 9.68. The van der Waals surface area contributed by atoms with E-state index >= 15 is 0 Å². The number of carbonyl (C=O) groups excluding carboxylic acids is 2. The minimum Gasteiger partial charge on any atom is -0.369 e. The number of rotatable bonds is 7. The third-order valence-electron chi connectivity index (χ3n) is 7.45. The highest BCUT2D eigenvalue weighted by molar-refractivity contribution is 6.07. The fourth-order valence-electron chi connectivity index (χ4n) is 5.39. The molecule has 3 aromatic rings. The number of aliphatic imine (C=N–C) groups is 1. The number of likely N-dealkylation sites (N-methyl/N-ethyl adjacent to an activating group) is 1. The van der Waals surface area contributed by atoms with Crippen molar-refractivity contribution in [2.75, 3.05) is 26.7 Å². The summed E-state index contributed by atoms with van der Waals surface area (Å²) < 4.78 is 5.66. The molecule has 2 heterocycles. The lowest BCUT2D eigenvalue weighted by Gasteiger charge is -2.40. The van der Waals surface area contributed by atoms with Crippen LogP contribution in [0.1, 0.15) is 24.0 Å². The average molecular weight is 497 g/mol. The van der Waals surface area contributed by atoms with Crippen molar-refractivity contribution in [3.05, 3.63) is 96.1 Å². The SMILES string of the molecule is CN1C(=O)C(c2cccc(-c3ccccc3)c2)(C2CCN(C(=O)COCc3ccccc3)CC2)N=C1N. The Bertz CT molecular complexity index is 1290. The molecule has 5 rings (SSSR count). The molecule has 0 spiro atoms. The fourth-order valence-corrected chi connectivity index (χ4v) is 5.39. The molecule has 190 valence electrons. The third kappa shape index (κ3) is 4.87. The lowest BCUT2D eigenvalue weighted by molar-refractivity contribution is -0.139. The highest BCUT2D eigenvalue weighted by Gasteiger charge is 2.54. The molecule has 0 saturated carbocycles. The van der Waals surface area contributed by atoms with Crippen LogP contribution in [0.25, 0.3) is 11.1 Å². The number of amides is 2. The van der Waals surface area contributed by atoms with Gasteiger partial charge in [-0.25, -0.2) is 4.99 Å². The second-order valence-corrected chi connectivity index (χ2v) is 9.68. The van der Waals surface area contributed by atoms with Gasteiger partial charge >= 0.3 is 0 Å². The van der Waals surface area contributed by atoms with Crippen molar-refractivity contribution in [1.29, 1.82) is 0 Å². The number of nitrogens with zero attached hydrogens (tertiary/aromatic N) is 3. The molecule has 0 radical (unpaired) electrons. The minimum absolute atomic E-state index is 0.0348. The maximum absolute atomic E-state index is 13.7. The highest BCUT2D eigenvalue weighted by Crippen LogP contribution is 2.45. The van der Waals surface area contributed by atoms with Gasteiger partial charge in [0, 0.05) is 26.1 Å². The molecule has 7 nitrogen and oxygen atoms in total. The predicted molar refractivity (Wildman–Crippen MR) is 143 cm³/mol. The van der Waals surface area contributed by atoms with Gasteiger partial charge in [-0.1, -0.05) is 78.9 Å². The largest absolute Gasteiger partial charge is 0.369 e. The van der Waals surface area contributed by atoms with E-state index in [2.05, 4.69) is 18.2 Å². The summed E-state index contributed by atoms with van der Waals surface area (Å²) in [4.78, 5) is 34.6. The van der Waals surface area contributed by atoms with Crippen LogP contribution in [-0.4, -0.2) is 54.3 Å². The van der Waals surface area contributed by atoms with Crippen molar-refractivity contribution in [2.45, 2.75) is 25.0 Å². The Labute approximate surface area is 217 Å². The van der Waals surface area contributed by atoms with Crippen LogP contribution in [0.3, 0.4) is 0 Å². The van der Waals surface area contributed by atoms with Crippen LogP contribution in [0, 0.1) is 5.92 Å². The summed E-state index contributed by atoms with van der Waals surface area (Å²) in [5.74, 6) is -0.00897. The summed E-state index contributed by atoms with van der Waals surface area (Å²) in [6.45, 7) is 1.53. The van der Waals surface area contributed by atoms with Crippen molar-refractivity contribution in [2.24, 2.45) is 16.6 Å². The number of benzene rings is 3. The number of ether oxygens (including phenoxy) is 1. The van der Waals surface area contributed by atoms with Crippen molar-refractivity contribution < 1.29 is 14.3 Å². The van der Waals surface area contributed by atoms with Crippen LogP contribution in [0.15, 0.2) is 89.9 Å². The topological polar surface area (TPSA) is 88.2 Å². The number of hydrogen-bond donors (Lipinski definition) is 1. The zero-order chi connectivity index (χ0) is 25.8. The smallest absolute Gasteiger partial charge is 0.261 e. The van der Waals surface area contributed by atoms with Crippen molar-refractivity contribution in [1.82, 2.24) is 9.80 Å². The summed E-state index contributed by atoms with van der Waals surface area (Å²) in [7, 11) is 1.67. The Morgan fingerprint density at radius 1 is 0.973 bits per heavy atom. The average Bonchev–Trinajstić information content (AvgIpc) is 3.19. The number of guanidine groups is 1. The lowest BCUT2D eigenvalue weighted by atomic mass is 9.72. The molecule has 3 aromatic carbocycles. The molecule has 2 aliphatic rings. The summed E-state index contributed by atoms with van der Waals surface area (Å²) in [5, 5.41) is 0. The molecule has 1 unspecified atom stereocenters. The Morgan fingerprint density at radius 3 is 2.27 bits per heavy atom. The van der Waals surface area contributed by atoms with Crippen LogP contribution in [-0.2, 0) is 26.5 Å². The standard InChI is InChI=1S/C30H32N4O3/c1-33-28(36)30(32-29(33)31,26-14-8-13-24(19-26)23-11-6-3-7-12-23)25-15-17-34(18-16-25)27(35)21-37-20-22-9-4-2-5-10-22/h2-14,19,25H,15-18,20-21H2,1H3,(H2,31,32). The van der Waals surface area contributed by atoms with E-state index in [-0.39, 0.29) is 30.3 Å². The Morgan fingerprint density at radius 2 is 1.62 bits per heavy atom. The van der Waals surface area contributed by atoms with Gasteiger partial charge in [-0.15, -0.1) is 0 Å². The summed E-state index contributed by atoms with van der Waals surface area (Å²) in [6.07, 6.45) is 1.30. The van der Waals surface area contributed by atoms with Crippen molar-refractivity contribution in [3.8, 4) is 11.1 Å². The molecular formula is C30H32N4O3. The van der Waals surface area contributed by atoms with Crippen molar-refractivity contribution in [3.63, 3.8) is 0 Å². The number of hydrogen-bond acceptors (Lipinski definition) is 5. The quantitative estimate of drug-likeness (QED) is 0.539. The van der Waals surface area contributed by atoms with Crippen molar-refractivity contribution >= 4 is 17.8 Å². The highest BCUT2D eigenvalue weighted by atomic mass is 16.5. The molecule has 2 N–H and O–H groups in total. The van der Waals surface area contributed by atoms with E-state index in [4.69, 9.17) is 15.5 Å². The van der Waals surface area contributed by atoms with E-state index in [9.17, 15) is 9.59 Å². The molecule has 1 atom stereocenters. The summed E-state index contributed by atoms with van der Waals surface area (Å²) in [6, 6.07) is 27.9. The van der Waals surface area contributed by atoms with E-state index in [1.807, 2.05) is 71.6 Å². The fraction of sp³-hybridized carbons (Fsp3) is 0.300. The number of likely N-dealkylation sites (tertiary alicyclic amines) is 1. The van der Waals surface area contributed by atoms with Crippen LogP contribution in [0.4, 0.5) is 0 Å². The van der Waals surface area contributed by atoms with E-state index in [0.29, 0.717) is 32.5 Å². The zero-order valence-electron chi connectivity index (χ0n) is 21.0. The van der Waals surface area contributed by atoms with Gasteiger partial charge < -0.3 is 15.4 Å². The molecule has 0 bridgehead atoms. The Balaban J connectivity index is 1.32. The molecule has 0 aliphatic carbocycles. The molecule has 7 heteroatoms. The number of nitrogens with two attached hydrogens (primary N) is 1. The van der Waals surface area contributed by atoms with Gasteiger partial charge in [-0.2, -0.15) is 0 Å². The maximum Gasteiger partial charge on any atom is 0.261 e. The molecule has 0 aromatic heterocycles. The normalized spacial score (nSPS) is 20.2. The van der Waals surface area contributed by atoms with Gasteiger partial charge in [-0.3, -0.25) is 14.5 Å². The monoisotopic (exact) mass is 496 g/mol. The number of piperidine rings is 1. The van der Waals surface area contributed by atoms with Crippen LogP contribution < -0.4 is 5.73 Å². The van der Waals surface area contributed by atoms with E-state index in [1.54, 1.807) is 7.05 Å². The van der Waals surface area contributed by atoms with Gasteiger partial charge in [-0.05, 0) is 41.2 Å². The zero-order valence-corrected chi connectivity index (χ0v) is 21.0. The molecule has 2 amide bonds. The Kier molecular flexibility index (Phi) is 7.06. The van der Waals surface area contributed by atoms with Gasteiger partial charge in [0.25, 0.3) is 5.91 Å². The second kappa shape index (κ2) is 10.6. The first-order valence-corrected chi connectivity index (χ1v) is 12.7. The van der Waals surface area contributed by atoms with E-state index in [1.165, 1.54) is 4.90 Å². The minimum atomic E-state index is -1.09. The predicted octanol–water partition coefficient (Wildman–Crippen LogP) is 3.79. The van der Waals surface area contributed by atoms with Gasteiger partial charge in [0.15, 0.2) is 11.5 Å². The van der Waals surface area contributed by atoms with Gasteiger partial charge in [0.05, 0.1) is 6.61 Å². The first-order chi connectivity index (χ1) is 18.0. The summed E-state index contributed by atoms with van der Waals surface area (Å²) in [5.41, 5.74) is 9.07. The first kappa shape index (κ1) is 24.7. The Hall–Kier alpha value is -3.97. The lowest BCUT2D eigenvalue weighted by Crippen LogP contribution is -2.50. The number of carbonyl (C=O) groups is 2. The summed E-state index contributed by atoms with van der Waals surface area (Å²) >= 11 is 0. The van der Waals surface area contributed by atoms with Gasteiger partial charge in [0.2, 0.25) is 5.91 Å². The first-order valence-electron chi connectivity index (χ1n) is 12.7. The van der Waals surface area contributed by atoms with Crippen LogP contribution in [0.5, 0.6) is 0 Å². The molecule has 1 fully saturated rings. The van der Waals surface area contributed by atoms with Crippen LogP contribution >= 0.6 is 0 Å². The molecule has 1 saturated heterocycles.